The van der Waals surface area contributed by atoms with Gasteiger partial charge in [0.15, 0.2) is 0 Å². The molecule has 0 saturated carbocycles. The normalized spacial score (nSPS) is 17.1. The Morgan fingerprint density at radius 1 is 0.294 bits per heavy atom. The van der Waals surface area contributed by atoms with E-state index in [2.05, 4.69) is 209 Å². The standard InChI is InChI=1S/C28H20I4Si2/c29-33(30)25(21-13-5-1-6-14-21)26(22-15-7-2-8-16-22)34(31,32)28(24-19-11-4-12-20-24)27(33)23-17-9-3-10-18-23/h1-20H. The van der Waals surface area contributed by atoms with Gasteiger partial charge in [0.25, 0.3) is 6.13 Å². The molecule has 0 N–H and O–H groups in total. The lowest BCUT2D eigenvalue weighted by Gasteiger charge is -2.42. The molecule has 0 nitrogen and oxygen atoms in total. The van der Waals surface area contributed by atoms with Crippen LogP contribution in [0.25, 0.3) is 20.8 Å². The van der Waals surface area contributed by atoms with Crippen molar-refractivity contribution in [3.63, 3.8) is 0 Å². The number of hydrogen-bond acceptors (Lipinski definition) is 0. The molecule has 0 spiro atoms. The van der Waals surface area contributed by atoms with Crippen LogP contribution in [0.1, 0.15) is 22.3 Å². The molecule has 0 fully saturated rings. The Morgan fingerprint density at radius 3 is 0.647 bits per heavy atom. The van der Waals surface area contributed by atoms with E-state index in [9.17, 15) is 0 Å². The highest BCUT2D eigenvalue weighted by Crippen LogP contribution is 2.62. The fraction of sp³-hybridized carbons (Fsp3) is 0. The van der Waals surface area contributed by atoms with Gasteiger partial charge in [-0.05, 0) is 43.0 Å². The molecule has 0 bridgehead atoms. The monoisotopic (exact) mass is 920 g/mol. The third-order valence-electron chi connectivity index (χ3n) is 6.01. The lowest BCUT2D eigenvalue weighted by atomic mass is 10.1. The minimum Gasteiger partial charge on any atom is -0.0923 e. The van der Waals surface area contributed by atoms with E-state index in [1.807, 2.05) is 0 Å². The Bertz CT molecular complexity index is 1150. The van der Waals surface area contributed by atoms with Gasteiger partial charge in [-0.1, -0.05) is 209 Å². The van der Waals surface area contributed by atoms with Crippen LogP contribution in [0, 0.1) is 0 Å². The van der Waals surface area contributed by atoms with Gasteiger partial charge < -0.3 is 0 Å². The number of rotatable bonds is 4. The average molecular weight is 920 g/mol. The first-order valence-electron chi connectivity index (χ1n) is 10.9. The van der Waals surface area contributed by atoms with Gasteiger partial charge in [-0.25, -0.2) is 0 Å². The summed E-state index contributed by atoms with van der Waals surface area (Å²) in [7, 11) is 0. The Labute approximate surface area is 254 Å². The molecule has 0 atom stereocenters. The van der Waals surface area contributed by atoms with E-state index in [1.165, 1.54) is 22.3 Å². The van der Waals surface area contributed by atoms with Crippen LogP contribution >= 0.6 is 87.2 Å². The fourth-order valence-electron chi connectivity index (χ4n) is 4.60. The summed E-state index contributed by atoms with van der Waals surface area (Å²) in [5.41, 5.74) is 5.45. The van der Waals surface area contributed by atoms with Gasteiger partial charge in [0, 0.05) is 0 Å². The second-order valence-corrected chi connectivity index (χ2v) is 44.2. The molecular formula is C28H20I4Si2. The van der Waals surface area contributed by atoms with Crippen molar-refractivity contribution in [1.29, 1.82) is 0 Å². The fourth-order valence-corrected chi connectivity index (χ4v) is 31.4. The number of benzene rings is 4. The third kappa shape index (κ3) is 4.71. The Balaban J connectivity index is 1.94. The maximum absolute atomic E-state index is 2.85. The van der Waals surface area contributed by atoms with E-state index in [0.29, 0.717) is 0 Å². The molecule has 34 heavy (non-hydrogen) atoms. The molecular weight excluding hydrogens is 900 g/mol. The van der Waals surface area contributed by atoms with Crippen LogP contribution in [0.5, 0.6) is 0 Å². The van der Waals surface area contributed by atoms with E-state index >= 15 is 0 Å². The van der Waals surface area contributed by atoms with Gasteiger partial charge in [0.1, 0.15) is 0 Å². The Hall–Kier alpha value is -0.286. The third-order valence-corrected chi connectivity index (χ3v) is 24.1. The van der Waals surface area contributed by atoms with E-state index in [-0.39, 0.29) is 0 Å². The lowest BCUT2D eigenvalue weighted by molar-refractivity contribution is 1.60. The molecule has 4 aromatic carbocycles. The molecule has 1 aliphatic heterocycles. The van der Waals surface area contributed by atoms with Crippen LogP contribution in [0.4, 0.5) is 0 Å². The zero-order valence-corrected chi connectivity index (χ0v) is 28.7. The maximum atomic E-state index is 2.85. The van der Waals surface area contributed by atoms with Gasteiger partial charge in [-0.2, -0.15) is 0 Å². The molecule has 1 heterocycles. The van der Waals surface area contributed by atoms with Gasteiger partial charge in [0.05, 0.1) is 0 Å². The zero-order chi connectivity index (χ0) is 23.8. The van der Waals surface area contributed by atoms with Crippen molar-refractivity contribution >= 4 is 114 Å². The quantitative estimate of drug-likeness (QED) is 0.109. The van der Waals surface area contributed by atoms with E-state index in [1.54, 1.807) is 20.8 Å². The molecule has 0 unspecified atom stereocenters. The van der Waals surface area contributed by atoms with E-state index in [4.69, 9.17) is 0 Å². The summed E-state index contributed by atoms with van der Waals surface area (Å²) in [6.07, 6.45) is 0. The molecule has 168 valence electrons. The first-order valence-corrected chi connectivity index (χ1v) is 27.4. The highest BCUT2D eigenvalue weighted by Gasteiger charge is 2.54. The summed E-state index contributed by atoms with van der Waals surface area (Å²) < 4.78 is -4.37. The second kappa shape index (κ2) is 10.6. The molecule has 0 radical (unpaired) electrons. The zero-order valence-electron chi connectivity index (χ0n) is 18.1. The van der Waals surface area contributed by atoms with Crippen molar-refractivity contribution in [2.45, 2.75) is 0 Å². The summed E-state index contributed by atoms with van der Waals surface area (Å²) in [6, 6.07) is 44.5. The van der Waals surface area contributed by atoms with Gasteiger partial charge >= 0.3 is 0 Å². The Kier molecular flexibility index (Phi) is 7.91. The predicted octanol–water partition coefficient (Wildman–Crippen LogP) is 10.0. The predicted molar refractivity (Wildman–Crippen MR) is 187 cm³/mol. The number of hydrogen-bond donors (Lipinski definition) is 0. The first-order chi connectivity index (χ1) is 16.4. The van der Waals surface area contributed by atoms with Crippen LogP contribution in [-0.2, 0) is 0 Å². The van der Waals surface area contributed by atoms with Crippen molar-refractivity contribution in [3.8, 4) is 0 Å². The summed E-state index contributed by atoms with van der Waals surface area (Å²) >= 11 is 11.4. The highest BCUT2D eigenvalue weighted by atomic mass is 127. The molecule has 4 aromatic rings. The summed E-state index contributed by atoms with van der Waals surface area (Å²) in [5.74, 6) is 0. The van der Waals surface area contributed by atoms with Crippen LogP contribution in [0.2, 0.25) is 0 Å². The van der Waals surface area contributed by atoms with Crippen molar-refractivity contribution in [3.05, 3.63) is 144 Å². The smallest absolute Gasteiger partial charge is 0.0923 e. The van der Waals surface area contributed by atoms with Crippen molar-refractivity contribution in [1.82, 2.24) is 0 Å². The topological polar surface area (TPSA) is 0 Å². The Morgan fingerprint density at radius 2 is 0.471 bits per heavy atom. The second-order valence-electron chi connectivity index (χ2n) is 8.11. The minimum absolute atomic E-state index is 1.36. The van der Waals surface area contributed by atoms with Crippen molar-refractivity contribution < 1.29 is 0 Å². The van der Waals surface area contributed by atoms with Gasteiger partial charge in [-0.3, -0.25) is 0 Å². The van der Waals surface area contributed by atoms with Gasteiger partial charge in [-0.15, -0.1) is 0 Å². The molecule has 0 aromatic heterocycles. The van der Waals surface area contributed by atoms with Crippen LogP contribution in [0.3, 0.4) is 0 Å². The van der Waals surface area contributed by atoms with E-state index < -0.39 is 6.13 Å². The SMILES string of the molecule is I[Si]1(I)C(c2ccccc2)=C(c2ccccc2)[Si](I)(I)C(c2ccccc2)=C1c1ccccc1. The highest BCUT2D eigenvalue weighted by molar-refractivity contribution is 14.3. The van der Waals surface area contributed by atoms with Crippen LogP contribution in [-0.4, -0.2) is 6.13 Å². The molecule has 0 aliphatic carbocycles. The summed E-state index contributed by atoms with van der Waals surface area (Å²) in [4.78, 5) is 0. The van der Waals surface area contributed by atoms with Crippen LogP contribution < -0.4 is 0 Å². The molecule has 0 amide bonds. The molecule has 6 heteroatoms. The summed E-state index contributed by atoms with van der Waals surface area (Å²) in [6.45, 7) is 0. The summed E-state index contributed by atoms with van der Waals surface area (Å²) in [5, 5.41) is 6.26. The van der Waals surface area contributed by atoms with E-state index in [0.717, 1.165) is 0 Å². The molecule has 0 saturated heterocycles. The molecule has 5 rings (SSSR count). The largest absolute Gasteiger partial charge is 0.251 e. The first kappa shape index (κ1) is 25.4. The minimum atomic E-state index is -2.19. The van der Waals surface area contributed by atoms with Crippen LogP contribution in [0.15, 0.2) is 121 Å². The maximum Gasteiger partial charge on any atom is 0.251 e. The van der Waals surface area contributed by atoms with Crippen molar-refractivity contribution in [2.75, 3.05) is 0 Å². The van der Waals surface area contributed by atoms with Gasteiger partial charge in [0.2, 0.25) is 0 Å². The lowest BCUT2D eigenvalue weighted by Crippen LogP contribution is -2.39. The average Bonchev–Trinajstić information content (AvgIpc) is 2.86. The number of halogens is 4. The van der Waals surface area contributed by atoms with Crippen molar-refractivity contribution in [2.24, 2.45) is 0 Å². The molecule has 1 aliphatic rings.